The van der Waals surface area contributed by atoms with E-state index in [2.05, 4.69) is 10.1 Å². The van der Waals surface area contributed by atoms with E-state index in [4.69, 9.17) is 32.9 Å². The number of nitrogens with zero attached hydrogens (tertiary/aromatic N) is 2. The van der Waals surface area contributed by atoms with E-state index in [1.807, 2.05) is 12.1 Å². The van der Waals surface area contributed by atoms with E-state index in [-0.39, 0.29) is 13.2 Å². The fourth-order valence-electron chi connectivity index (χ4n) is 4.51. The number of aliphatic hydroxyl groups is 2. The van der Waals surface area contributed by atoms with Crippen LogP contribution < -0.4 is 28.4 Å². The first kappa shape index (κ1) is 31.2. The summed E-state index contributed by atoms with van der Waals surface area (Å²) in [5.74, 6) is 4.15. The van der Waals surface area contributed by atoms with Gasteiger partial charge in [-0.25, -0.2) is 0 Å². The Morgan fingerprint density at radius 2 is 1.02 bits per heavy atom. The van der Waals surface area contributed by atoms with Gasteiger partial charge in [0.15, 0.2) is 23.0 Å². The second kappa shape index (κ2) is 14.5. The smallest absolute Gasteiger partial charge is 0.258 e. The van der Waals surface area contributed by atoms with Crippen LogP contribution in [0.1, 0.15) is 23.3 Å². The lowest BCUT2D eigenvalue weighted by Crippen LogP contribution is -2.10. The molecule has 2 unspecified atom stereocenters. The minimum absolute atomic E-state index is 0.0500. The Hall–Kier alpha value is -5.26. The van der Waals surface area contributed by atoms with Crippen molar-refractivity contribution < 1.29 is 43.2 Å². The normalized spacial score (nSPS) is 12.2. The Morgan fingerprint density at radius 3 is 1.47 bits per heavy atom. The standard InChI is InChI=1S/C34H34N2O9/c1-39-29-15-9-23(17-31(29)41-3)27(37)19-43-25-11-5-21(6-12-25)33-35-34(45-36-33)22-7-13-26(14-8-22)44-20-28(38)24-10-16-30(40-2)32(18-24)42-4/h5-18,27-28,37-38H,19-20H2,1-4H3. The first-order valence-electron chi connectivity index (χ1n) is 14.0. The Balaban J connectivity index is 1.15. The monoisotopic (exact) mass is 614 g/mol. The molecule has 4 aromatic carbocycles. The minimum Gasteiger partial charge on any atom is -0.493 e. The predicted octanol–water partition coefficient (Wildman–Crippen LogP) is 5.66. The number of ether oxygens (including phenoxy) is 6. The maximum absolute atomic E-state index is 10.6. The van der Waals surface area contributed by atoms with Gasteiger partial charge in [-0.1, -0.05) is 17.3 Å². The van der Waals surface area contributed by atoms with Crippen molar-refractivity contribution >= 4 is 0 Å². The van der Waals surface area contributed by atoms with Gasteiger partial charge in [0.2, 0.25) is 5.82 Å². The van der Waals surface area contributed by atoms with Crippen LogP contribution in [0.4, 0.5) is 0 Å². The maximum atomic E-state index is 10.6. The number of rotatable bonds is 14. The molecule has 0 spiro atoms. The molecule has 0 aliphatic heterocycles. The highest BCUT2D eigenvalue weighted by atomic mass is 16.5. The summed E-state index contributed by atoms with van der Waals surface area (Å²) in [7, 11) is 6.20. The van der Waals surface area contributed by atoms with Crippen molar-refractivity contribution in [1.29, 1.82) is 0 Å². The first-order valence-corrected chi connectivity index (χ1v) is 14.0. The molecule has 45 heavy (non-hydrogen) atoms. The number of benzene rings is 4. The molecule has 1 aromatic heterocycles. The van der Waals surface area contributed by atoms with E-state index in [0.717, 1.165) is 5.56 Å². The molecular formula is C34H34N2O9. The molecule has 0 amide bonds. The van der Waals surface area contributed by atoms with Gasteiger partial charge in [-0.15, -0.1) is 0 Å². The molecule has 2 N–H and O–H groups in total. The third-order valence-electron chi connectivity index (χ3n) is 7.04. The van der Waals surface area contributed by atoms with E-state index < -0.39 is 12.2 Å². The van der Waals surface area contributed by atoms with Crippen molar-refractivity contribution in [2.24, 2.45) is 0 Å². The minimum atomic E-state index is -0.859. The van der Waals surface area contributed by atoms with Crippen molar-refractivity contribution in [3.63, 3.8) is 0 Å². The van der Waals surface area contributed by atoms with Crippen LogP contribution in [0.3, 0.4) is 0 Å². The zero-order valence-corrected chi connectivity index (χ0v) is 25.3. The summed E-state index contributed by atoms with van der Waals surface area (Å²) in [6.45, 7) is 0.102. The highest BCUT2D eigenvalue weighted by Crippen LogP contribution is 2.32. The van der Waals surface area contributed by atoms with E-state index in [9.17, 15) is 10.2 Å². The number of hydrogen-bond acceptors (Lipinski definition) is 11. The summed E-state index contributed by atoms with van der Waals surface area (Å²) in [6.07, 6.45) is -1.72. The molecule has 5 aromatic rings. The number of methoxy groups -OCH3 is 4. The van der Waals surface area contributed by atoms with Crippen molar-refractivity contribution in [3.8, 4) is 57.3 Å². The molecule has 2 atom stereocenters. The average molecular weight is 615 g/mol. The highest BCUT2D eigenvalue weighted by molar-refractivity contribution is 5.61. The van der Waals surface area contributed by atoms with E-state index in [1.165, 1.54) is 0 Å². The zero-order valence-electron chi connectivity index (χ0n) is 25.3. The Morgan fingerprint density at radius 1 is 0.578 bits per heavy atom. The van der Waals surface area contributed by atoms with E-state index in [0.29, 0.717) is 62.9 Å². The molecule has 5 rings (SSSR count). The lowest BCUT2D eigenvalue weighted by atomic mass is 10.1. The van der Waals surface area contributed by atoms with E-state index in [1.54, 1.807) is 101 Å². The average Bonchev–Trinajstić information content (AvgIpc) is 3.59. The molecule has 0 fully saturated rings. The second-order valence-electron chi connectivity index (χ2n) is 9.85. The number of hydrogen-bond donors (Lipinski definition) is 2. The summed E-state index contributed by atoms with van der Waals surface area (Å²) in [6, 6.07) is 24.7. The Bertz CT molecular complexity index is 1560. The fourth-order valence-corrected chi connectivity index (χ4v) is 4.51. The molecular weight excluding hydrogens is 580 g/mol. The molecule has 234 valence electrons. The number of aromatic nitrogens is 2. The molecule has 11 heteroatoms. The van der Waals surface area contributed by atoms with Crippen LogP contribution in [0.2, 0.25) is 0 Å². The van der Waals surface area contributed by atoms with Crippen LogP contribution in [0.25, 0.3) is 22.8 Å². The first-order chi connectivity index (χ1) is 21.9. The summed E-state index contributed by atoms with van der Waals surface area (Å²) >= 11 is 0. The van der Waals surface area contributed by atoms with Gasteiger partial charge in [0, 0.05) is 11.1 Å². The Labute approximate surface area is 260 Å². The summed E-state index contributed by atoms with van der Waals surface area (Å²) in [4.78, 5) is 4.52. The fraction of sp³-hybridized carbons (Fsp3) is 0.235. The topological polar surface area (TPSA) is 135 Å². The van der Waals surface area contributed by atoms with E-state index >= 15 is 0 Å². The van der Waals surface area contributed by atoms with Gasteiger partial charge in [-0.2, -0.15) is 4.98 Å². The van der Waals surface area contributed by atoms with Gasteiger partial charge < -0.3 is 43.2 Å². The third kappa shape index (κ3) is 7.46. The summed E-state index contributed by atoms with van der Waals surface area (Å²) < 4.78 is 38.2. The molecule has 0 saturated carbocycles. The van der Waals surface area contributed by atoms with Gasteiger partial charge in [0.25, 0.3) is 5.89 Å². The van der Waals surface area contributed by atoms with Crippen molar-refractivity contribution in [2.45, 2.75) is 12.2 Å². The summed E-state index contributed by atoms with van der Waals surface area (Å²) in [5, 5.41) is 25.3. The molecule has 11 nitrogen and oxygen atoms in total. The van der Waals surface area contributed by atoms with Crippen LogP contribution >= 0.6 is 0 Å². The van der Waals surface area contributed by atoms with Gasteiger partial charge in [-0.3, -0.25) is 0 Å². The maximum Gasteiger partial charge on any atom is 0.258 e. The lowest BCUT2D eigenvalue weighted by Gasteiger charge is -2.15. The molecule has 0 radical (unpaired) electrons. The molecule has 0 aliphatic carbocycles. The Kier molecular flexibility index (Phi) is 10.0. The van der Waals surface area contributed by atoms with Crippen molar-refractivity contribution in [1.82, 2.24) is 10.1 Å². The van der Waals surface area contributed by atoms with Crippen LogP contribution in [0.15, 0.2) is 89.5 Å². The van der Waals surface area contributed by atoms with Crippen LogP contribution in [0, 0.1) is 0 Å². The van der Waals surface area contributed by atoms with Gasteiger partial charge in [0.05, 0.1) is 28.4 Å². The van der Waals surface area contributed by atoms with Crippen LogP contribution in [-0.4, -0.2) is 62.0 Å². The molecule has 0 aliphatic rings. The second-order valence-corrected chi connectivity index (χ2v) is 9.85. The van der Waals surface area contributed by atoms with Crippen LogP contribution in [-0.2, 0) is 0 Å². The quantitative estimate of drug-likeness (QED) is 0.160. The third-order valence-corrected chi connectivity index (χ3v) is 7.04. The SMILES string of the molecule is COc1ccc(C(O)COc2ccc(-c3noc(-c4ccc(OCC(O)c5ccc(OC)c(OC)c5)cc4)n3)cc2)cc1OC. The molecule has 1 heterocycles. The van der Waals surface area contributed by atoms with Crippen LogP contribution in [0.5, 0.6) is 34.5 Å². The predicted molar refractivity (Wildman–Crippen MR) is 165 cm³/mol. The summed E-state index contributed by atoms with van der Waals surface area (Å²) in [5.41, 5.74) is 2.75. The molecule has 0 saturated heterocycles. The molecule has 0 bridgehead atoms. The van der Waals surface area contributed by atoms with Crippen molar-refractivity contribution in [2.75, 3.05) is 41.7 Å². The number of aliphatic hydroxyl groups excluding tert-OH is 2. The van der Waals surface area contributed by atoms with Gasteiger partial charge in [0.1, 0.15) is 36.9 Å². The lowest BCUT2D eigenvalue weighted by molar-refractivity contribution is 0.108. The highest BCUT2D eigenvalue weighted by Gasteiger charge is 2.16. The van der Waals surface area contributed by atoms with Crippen molar-refractivity contribution in [3.05, 3.63) is 96.1 Å². The van der Waals surface area contributed by atoms with Gasteiger partial charge >= 0.3 is 0 Å². The largest absolute Gasteiger partial charge is 0.493 e. The van der Waals surface area contributed by atoms with Gasteiger partial charge in [-0.05, 0) is 83.9 Å². The zero-order chi connectivity index (χ0) is 31.8.